The average molecular weight is 490 g/mol. The second kappa shape index (κ2) is 10.00. The molecule has 33 heavy (non-hydrogen) atoms. The fourth-order valence-corrected chi connectivity index (χ4v) is 5.10. The Hall–Kier alpha value is -2.80. The Bertz CT molecular complexity index is 1190. The predicted molar refractivity (Wildman–Crippen MR) is 129 cm³/mol. The number of thioether (sulfide) groups is 1. The van der Waals surface area contributed by atoms with Gasteiger partial charge in [0.15, 0.2) is 0 Å². The van der Waals surface area contributed by atoms with Gasteiger partial charge in [-0.1, -0.05) is 30.0 Å². The highest BCUT2D eigenvalue weighted by atomic mass is 32.2. The van der Waals surface area contributed by atoms with Crippen LogP contribution in [-0.2, 0) is 9.59 Å². The molecule has 2 aliphatic heterocycles. The number of carbonyl (C=O) groups is 2. The second-order valence-corrected chi connectivity index (χ2v) is 9.29. The van der Waals surface area contributed by atoms with Crippen molar-refractivity contribution in [2.24, 2.45) is 0 Å². The van der Waals surface area contributed by atoms with Crippen LogP contribution in [0, 0.1) is 0 Å². The van der Waals surface area contributed by atoms with Gasteiger partial charge in [0, 0.05) is 45.5 Å². The van der Waals surface area contributed by atoms with Gasteiger partial charge in [-0.3, -0.25) is 28.6 Å². The van der Waals surface area contributed by atoms with Crippen molar-refractivity contribution in [3.63, 3.8) is 0 Å². The summed E-state index contributed by atoms with van der Waals surface area (Å²) in [6.07, 6.45) is 2.93. The number of rotatable bonds is 7. The van der Waals surface area contributed by atoms with Crippen molar-refractivity contribution in [1.29, 1.82) is 0 Å². The van der Waals surface area contributed by atoms with Crippen molar-refractivity contribution < 1.29 is 19.8 Å². The summed E-state index contributed by atoms with van der Waals surface area (Å²) in [6.45, 7) is 3.33. The van der Waals surface area contributed by atoms with E-state index < -0.39 is 11.9 Å². The normalized spacial score (nSPS) is 18.6. The molecule has 2 aromatic heterocycles. The number of aliphatic carboxylic acids is 1. The van der Waals surface area contributed by atoms with E-state index in [1.54, 1.807) is 24.4 Å². The monoisotopic (exact) mass is 489 g/mol. The number of aromatic nitrogens is 2. The zero-order chi connectivity index (χ0) is 23.5. The molecular weight excluding hydrogens is 466 g/mol. The van der Waals surface area contributed by atoms with Gasteiger partial charge in [-0.05, 0) is 18.2 Å². The second-order valence-electron chi connectivity index (χ2n) is 7.61. The van der Waals surface area contributed by atoms with Gasteiger partial charge < -0.3 is 15.1 Å². The number of pyridine rings is 1. The van der Waals surface area contributed by atoms with E-state index in [4.69, 9.17) is 22.3 Å². The van der Waals surface area contributed by atoms with Gasteiger partial charge >= 0.3 is 5.97 Å². The Morgan fingerprint density at radius 2 is 1.94 bits per heavy atom. The highest BCUT2D eigenvalue weighted by molar-refractivity contribution is 8.26. The minimum Gasteiger partial charge on any atom is -0.481 e. The number of amides is 1. The number of β-amino-alcohol motifs (C(OH)–C–C–N with tert-alkyl or cyclic N) is 1. The van der Waals surface area contributed by atoms with Crippen LogP contribution in [0.1, 0.15) is 12.0 Å². The van der Waals surface area contributed by atoms with Gasteiger partial charge in [0.1, 0.15) is 15.8 Å². The lowest BCUT2D eigenvalue weighted by Crippen LogP contribution is -2.48. The number of thiocarbonyl (C=S) groups is 1. The first-order valence-corrected chi connectivity index (χ1v) is 11.7. The summed E-state index contributed by atoms with van der Waals surface area (Å²) in [5, 5.41) is 18.1. The number of nitrogens with zero attached hydrogens (tertiary/aromatic N) is 5. The topological polar surface area (TPSA) is 119 Å². The molecule has 0 radical (unpaired) electrons. The summed E-state index contributed by atoms with van der Waals surface area (Å²) in [6, 6.07) is 5.29. The van der Waals surface area contributed by atoms with E-state index in [9.17, 15) is 19.5 Å². The summed E-state index contributed by atoms with van der Waals surface area (Å²) in [5.74, 6) is -0.944. The highest BCUT2D eigenvalue weighted by Crippen LogP contribution is 2.33. The van der Waals surface area contributed by atoms with Crippen molar-refractivity contribution in [3.8, 4) is 0 Å². The van der Waals surface area contributed by atoms with Gasteiger partial charge in [0.2, 0.25) is 0 Å². The summed E-state index contributed by atoms with van der Waals surface area (Å²) in [4.78, 5) is 47.6. The predicted octanol–water partition coefficient (Wildman–Crippen LogP) is 0.485. The minimum absolute atomic E-state index is 0.0219. The van der Waals surface area contributed by atoms with Crippen LogP contribution in [0.15, 0.2) is 34.1 Å². The van der Waals surface area contributed by atoms with Gasteiger partial charge in [-0.15, -0.1) is 0 Å². The molecule has 2 saturated heterocycles. The van der Waals surface area contributed by atoms with Crippen LogP contribution < -0.4 is 10.5 Å². The Balaban J connectivity index is 1.72. The van der Waals surface area contributed by atoms with Crippen molar-refractivity contribution in [2.75, 3.05) is 50.8 Å². The van der Waals surface area contributed by atoms with Gasteiger partial charge in [-0.2, -0.15) is 0 Å². The summed E-state index contributed by atoms with van der Waals surface area (Å²) >= 11 is 6.32. The maximum Gasteiger partial charge on any atom is 0.305 e. The fraction of sp³-hybridized carbons (Fsp3) is 0.381. The Morgan fingerprint density at radius 3 is 2.64 bits per heavy atom. The largest absolute Gasteiger partial charge is 0.481 e. The number of carboxylic acids is 1. The van der Waals surface area contributed by atoms with E-state index in [0.717, 1.165) is 11.8 Å². The van der Waals surface area contributed by atoms with E-state index in [0.29, 0.717) is 44.2 Å². The Labute approximate surface area is 199 Å². The zero-order valence-corrected chi connectivity index (χ0v) is 19.3. The molecule has 4 heterocycles. The maximum absolute atomic E-state index is 13.4. The molecule has 0 aliphatic carbocycles. The van der Waals surface area contributed by atoms with E-state index in [2.05, 4.69) is 4.90 Å². The third-order valence-electron chi connectivity index (χ3n) is 5.54. The number of aliphatic hydroxyl groups excluding tert-OH is 1. The summed E-state index contributed by atoms with van der Waals surface area (Å²) in [5.41, 5.74) is 0.485. The molecule has 0 saturated carbocycles. The lowest BCUT2D eigenvalue weighted by atomic mass is 10.2. The quantitative estimate of drug-likeness (QED) is 0.420. The number of hydrogen-bond donors (Lipinski definition) is 2. The summed E-state index contributed by atoms with van der Waals surface area (Å²) < 4.78 is 1.70. The number of carboxylic acid groups (broad SMARTS) is 1. The average Bonchev–Trinajstić information content (AvgIpc) is 3.07. The van der Waals surface area contributed by atoms with Gasteiger partial charge in [0.05, 0.1) is 23.5 Å². The molecule has 2 aliphatic rings. The van der Waals surface area contributed by atoms with Gasteiger partial charge in [-0.25, -0.2) is 4.98 Å². The molecule has 12 heteroatoms. The minimum atomic E-state index is -1.02. The van der Waals surface area contributed by atoms with Crippen molar-refractivity contribution in [1.82, 2.24) is 19.2 Å². The first-order valence-electron chi connectivity index (χ1n) is 10.5. The number of aliphatic hydroxyl groups is 1. The standard InChI is InChI=1S/C21H23N5O5S2/c27-12-11-23-7-9-24(10-8-23)18-14(19(30)25-5-2-1-3-16(25)22-18)13-15-20(31)26(21(32)33-15)6-4-17(28)29/h1-3,5,13,27H,4,6-12H2,(H,28,29). The fourth-order valence-electron chi connectivity index (χ4n) is 3.81. The molecule has 0 spiro atoms. The van der Waals surface area contributed by atoms with Crippen molar-refractivity contribution in [3.05, 3.63) is 45.2 Å². The smallest absolute Gasteiger partial charge is 0.305 e. The van der Waals surface area contributed by atoms with E-state index in [1.807, 2.05) is 4.90 Å². The molecule has 174 valence electrons. The van der Waals surface area contributed by atoms with Crippen LogP contribution in [0.25, 0.3) is 11.7 Å². The van der Waals surface area contributed by atoms with Crippen molar-refractivity contribution >= 4 is 57.7 Å². The van der Waals surface area contributed by atoms with Crippen LogP contribution >= 0.6 is 24.0 Å². The lowest BCUT2D eigenvalue weighted by Gasteiger charge is -2.35. The molecule has 2 aromatic rings. The maximum atomic E-state index is 13.4. The zero-order valence-electron chi connectivity index (χ0n) is 17.7. The number of fused-ring (bicyclic) bond motifs is 1. The van der Waals surface area contributed by atoms with E-state index >= 15 is 0 Å². The molecule has 0 aromatic carbocycles. The number of hydrogen-bond acceptors (Lipinski definition) is 9. The molecular formula is C21H23N5O5S2. The Morgan fingerprint density at radius 1 is 1.18 bits per heavy atom. The molecule has 0 bridgehead atoms. The highest BCUT2D eigenvalue weighted by Gasteiger charge is 2.33. The van der Waals surface area contributed by atoms with Crippen molar-refractivity contribution in [2.45, 2.75) is 6.42 Å². The molecule has 0 atom stereocenters. The van der Waals surface area contributed by atoms with E-state index in [1.165, 1.54) is 15.4 Å². The van der Waals surface area contributed by atoms with Crippen LogP contribution in [0.3, 0.4) is 0 Å². The Kier molecular flexibility index (Phi) is 7.08. The van der Waals surface area contributed by atoms with Gasteiger partial charge in [0.25, 0.3) is 11.5 Å². The summed E-state index contributed by atoms with van der Waals surface area (Å²) in [7, 11) is 0. The molecule has 2 fully saturated rings. The SMILES string of the molecule is O=C(O)CCN1C(=O)C(=Cc2c(N3CCN(CCO)CC3)nc3ccccn3c2=O)SC1=S. The number of piperazine rings is 1. The van der Waals surface area contributed by atoms with E-state index in [-0.39, 0.29) is 39.9 Å². The lowest BCUT2D eigenvalue weighted by molar-refractivity contribution is -0.137. The van der Waals surface area contributed by atoms with Crippen LogP contribution in [-0.4, -0.2) is 91.5 Å². The molecule has 2 N–H and O–H groups in total. The molecule has 4 rings (SSSR count). The number of carbonyl (C=O) groups excluding carboxylic acids is 1. The molecule has 10 nitrogen and oxygen atoms in total. The molecule has 1 amide bonds. The third kappa shape index (κ3) is 4.93. The first-order chi connectivity index (χ1) is 15.9. The molecule has 0 unspecified atom stereocenters. The third-order valence-corrected chi connectivity index (χ3v) is 6.91. The van der Waals surface area contributed by atoms with Crippen LogP contribution in [0.4, 0.5) is 5.82 Å². The first kappa shape index (κ1) is 23.4. The number of anilines is 1. The van der Waals surface area contributed by atoms with Crippen LogP contribution in [0.2, 0.25) is 0 Å². The van der Waals surface area contributed by atoms with Crippen LogP contribution in [0.5, 0.6) is 0 Å².